The van der Waals surface area contributed by atoms with Crippen LogP contribution in [0.5, 0.6) is 11.5 Å². The highest BCUT2D eigenvalue weighted by Gasteiger charge is 2.43. The Morgan fingerprint density at radius 3 is 2.48 bits per heavy atom. The average molecular weight is 339 g/mol. The van der Waals surface area contributed by atoms with Gasteiger partial charge in [-0.2, -0.15) is 0 Å². The molecule has 2 aliphatic rings. The number of rotatable bonds is 3. The predicted octanol–water partition coefficient (Wildman–Crippen LogP) is 1.81. The summed E-state index contributed by atoms with van der Waals surface area (Å²) in [4.78, 5) is 37.6. The van der Waals surface area contributed by atoms with E-state index in [0.29, 0.717) is 35.3 Å². The summed E-state index contributed by atoms with van der Waals surface area (Å²) in [5.74, 6) is -0.709. The molecule has 1 saturated heterocycles. The van der Waals surface area contributed by atoms with Gasteiger partial charge in [-0.15, -0.1) is 0 Å². The molecule has 2 aliphatic heterocycles. The van der Waals surface area contributed by atoms with E-state index in [1.807, 2.05) is 0 Å². The van der Waals surface area contributed by atoms with Crippen molar-refractivity contribution in [1.82, 2.24) is 9.80 Å². The van der Waals surface area contributed by atoms with Gasteiger partial charge in [-0.05, 0) is 24.6 Å². The Hall–Kier alpha value is -2.28. The SMILES string of the molecule is CCN1C(=O)C(=O)N(Cc2cc(Cl)c3c(c2)OCCCO3)C1=O. The smallest absolute Gasteiger partial charge is 0.334 e. The molecule has 1 aromatic rings. The molecule has 0 spiro atoms. The Balaban J connectivity index is 1.88. The fraction of sp³-hybridized carbons (Fsp3) is 0.400. The lowest BCUT2D eigenvalue weighted by Crippen LogP contribution is -2.32. The Bertz CT molecular complexity index is 691. The summed E-state index contributed by atoms with van der Waals surface area (Å²) in [5, 5.41) is 0.345. The molecule has 0 radical (unpaired) electrons. The van der Waals surface area contributed by atoms with Gasteiger partial charge >= 0.3 is 17.8 Å². The van der Waals surface area contributed by atoms with Gasteiger partial charge in [0.25, 0.3) is 0 Å². The molecule has 0 atom stereocenters. The molecule has 0 unspecified atom stereocenters. The van der Waals surface area contributed by atoms with Crippen LogP contribution in [0.1, 0.15) is 18.9 Å². The molecule has 1 fully saturated rings. The standard InChI is InChI=1S/C15H15ClN2O5/c1-2-17-13(19)14(20)18(15(17)21)8-9-6-10(16)12-11(7-9)22-4-3-5-23-12/h6-7H,2-5,8H2,1H3. The van der Waals surface area contributed by atoms with Crippen molar-refractivity contribution in [2.24, 2.45) is 0 Å². The molecule has 4 amide bonds. The van der Waals surface area contributed by atoms with Crippen LogP contribution in [0, 0.1) is 0 Å². The number of fused-ring (bicyclic) bond motifs is 1. The van der Waals surface area contributed by atoms with Crippen molar-refractivity contribution >= 4 is 29.4 Å². The van der Waals surface area contributed by atoms with E-state index < -0.39 is 17.8 Å². The third-order valence-electron chi connectivity index (χ3n) is 3.65. The van der Waals surface area contributed by atoms with Crippen molar-refractivity contribution in [1.29, 1.82) is 0 Å². The van der Waals surface area contributed by atoms with Gasteiger partial charge in [-0.25, -0.2) is 4.79 Å². The zero-order chi connectivity index (χ0) is 16.6. The van der Waals surface area contributed by atoms with Crippen LogP contribution in [0.4, 0.5) is 4.79 Å². The van der Waals surface area contributed by atoms with E-state index in [9.17, 15) is 14.4 Å². The third kappa shape index (κ3) is 2.72. The predicted molar refractivity (Wildman–Crippen MR) is 80.4 cm³/mol. The molecule has 0 N–H and O–H groups in total. The Kier molecular flexibility index (Phi) is 4.12. The number of hydrogen-bond acceptors (Lipinski definition) is 5. The molecule has 122 valence electrons. The van der Waals surface area contributed by atoms with Gasteiger partial charge in [0.1, 0.15) is 0 Å². The van der Waals surface area contributed by atoms with Gasteiger partial charge in [0.15, 0.2) is 11.5 Å². The van der Waals surface area contributed by atoms with Gasteiger partial charge < -0.3 is 9.47 Å². The van der Waals surface area contributed by atoms with E-state index in [1.54, 1.807) is 19.1 Å². The third-order valence-corrected chi connectivity index (χ3v) is 3.93. The number of nitrogens with zero attached hydrogens (tertiary/aromatic N) is 2. The maximum Gasteiger partial charge on any atom is 0.334 e. The van der Waals surface area contributed by atoms with Crippen molar-refractivity contribution < 1.29 is 23.9 Å². The summed E-state index contributed by atoms with van der Waals surface area (Å²) in [6.45, 7) is 2.75. The van der Waals surface area contributed by atoms with Crippen LogP contribution < -0.4 is 9.47 Å². The van der Waals surface area contributed by atoms with Gasteiger partial charge in [0.2, 0.25) is 0 Å². The van der Waals surface area contributed by atoms with Crippen LogP contribution in [0.25, 0.3) is 0 Å². The second-order valence-electron chi connectivity index (χ2n) is 5.18. The van der Waals surface area contributed by atoms with Gasteiger partial charge in [0.05, 0.1) is 24.8 Å². The number of amides is 4. The number of halogens is 1. The van der Waals surface area contributed by atoms with Crippen molar-refractivity contribution in [2.45, 2.75) is 19.9 Å². The van der Waals surface area contributed by atoms with Crippen LogP contribution in [0.15, 0.2) is 12.1 Å². The summed E-state index contributed by atoms with van der Waals surface area (Å²) < 4.78 is 11.1. The van der Waals surface area contributed by atoms with Crippen molar-refractivity contribution in [2.75, 3.05) is 19.8 Å². The monoisotopic (exact) mass is 338 g/mol. The lowest BCUT2D eigenvalue weighted by molar-refractivity contribution is -0.143. The van der Waals surface area contributed by atoms with E-state index >= 15 is 0 Å². The quantitative estimate of drug-likeness (QED) is 0.620. The second kappa shape index (κ2) is 6.08. The maximum atomic E-state index is 12.1. The van der Waals surface area contributed by atoms with E-state index in [0.717, 1.165) is 16.2 Å². The van der Waals surface area contributed by atoms with Crippen molar-refractivity contribution in [3.8, 4) is 11.5 Å². The van der Waals surface area contributed by atoms with E-state index in [-0.39, 0.29) is 13.1 Å². The number of carbonyl (C=O) groups is 3. The van der Waals surface area contributed by atoms with Crippen molar-refractivity contribution in [3.05, 3.63) is 22.7 Å². The fourth-order valence-corrected chi connectivity index (χ4v) is 2.81. The van der Waals surface area contributed by atoms with Crippen LogP contribution >= 0.6 is 11.6 Å². The molecular formula is C15H15ClN2O5. The molecule has 0 bridgehead atoms. The highest BCUT2D eigenvalue weighted by Crippen LogP contribution is 2.38. The van der Waals surface area contributed by atoms with Gasteiger partial charge in [0, 0.05) is 13.0 Å². The zero-order valence-electron chi connectivity index (χ0n) is 12.5. The first-order chi connectivity index (χ1) is 11.0. The van der Waals surface area contributed by atoms with Crippen LogP contribution in [0.2, 0.25) is 5.02 Å². The average Bonchev–Trinajstić information content (AvgIpc) is 2.72. The number of ether oxygens (including phenoxy) is 2. The molecule has 2 heterocycles. The zero-order valence-corrected chi connectivity index (χ0v) is 13.3. The first kappa shape index (κ1) is 15.6. The normalized spacial score (nSPS) is 17.7. The molecule has 23 heavy (non-hydrogen) atoms. The number of urea groups is 1. The Morgan fingerprint density at radius 2 is 1.78 bits per heavy atom. The lowest BCUT2D eigenvalue weighted by Gasteiger charge is -2.16. The Labute approximate surface area is 137 Å². The molecule has 8 heteroatoms. The summed E-state index contributed by atoms with van der Waals surface area (Å²) in [7, 11) is 0. The first-order valence-electron chi connectivity index (χ1n) is 7.28. The second-order valence-corrected chi connectivity index (χ2v) is 5.59. The first-order valence-corrected chi connectivity index (χ1v) is 7.66. The minimum Gasteiger partial charge on any atom is -0.489 e. The number of benzene rings is 1. The van der Waals surface area contributed by atoms with E-state index in [1.165, 1.54) is 0 Å². The number of hydrogen-bond donors (Lipinski definition) is 0. The number of likely N-dealkylation sites (N-methyl/N-ethyl adjacent to an activating group) is 1. The molecule has 0 aliphatic carbocycles. The van der Waals surface area contributed by atoms with Gasteiger partial charge in [-0.3, -0.25) is 19.4 Å². The fourth-order valence-electron chi connectivity index (χ4n) is 2.53. The summed E-state index contributed by atoms with van der Waals surface area (Å²) in [6, 6.07) is 2.66. The van der Waals surface area contributed by atoms with Crippen LogP contribution in [-0.4, -0.2) is 47.4 Å². The highest BCUT2D eigenvalue weighted by molar-refractivity contribution is 6.44. The minimum absolute atomic E-state index is 0.0454. The Morgan fingerprint density at radius 1 is 1.09 bits per heavy atom. The molecule has 0 saturated carbocycles. The van der Waals surface area contributed by atoms with Crippen molar-refractivity contribution in [3.63, 3.8) is 0 Å². The molecular weight excluding hydrogens is 324 g/mol. The van der Waals surface area contributed by atoms with Crippen LogP contribution in [0.3, 0.4) is 0 Å². The topological polar surface area (TPSA) is 76.2 Å². The number of carbonyl (C=O) groups excluding carboxylic acids is 3. The molecule has 0 aromatic heterocycles. The molecule has 7 nitrogen and oxygen atoms in total. The van der Waals surface area contributed by atoms with Gasteiger partial charge in [-0.1, -0.05) is 11.6 Å². The molecule has 3 rings (SSSR count). The number of imide groups is 2. The molecule has 1 aromatic carbocycles. The lowest BCUT2D eigenvalue weighted by atomic mass is 10.2. The van der Waals surface area contributed by atoms with E-state index in [2.05, 4.69) is 0 Å². The maximum absolute atomic E-state index is 12.1. The van der Waals surface area contributed by atoms with E-state index in [4.69, 9.17) is 21.1 Å². The summed E-state index contributed by atoms with van der Waals surface area (Å²) >= 11 is 6.19. The largest absolute Gasteiger partial charge is 0.489 e. The summed E-state index contributed by atoms with van der Waals surface area (Å²) in [5.41, 5.74) is 0.590. The minimum atomic E-state index is -0.833. The highest BCUT2D eigenvalue weighted by atomic mass is 35.5. The van der Waals surface area contributed by atoms with Crippen LogP contribution in [-0.2, 0) is 16.1 Å². The summed E-state index contributed by atoms with van der Waals surface area (Å²) in [6.07, 6.45) is 0.739.